The summed E-state index contributed by atoms with van der Waals surface area (Å²) in [6, 6.07) is 14.4. The number of hydrogen-bond donors (Lipinski definition) is 4. The van der Waals surface area contributed by atoms with Crippen molar-refractivity contribution in [1.29, 1.82) is 10.5 Å². The number of nitrogens with two attached hydrogens (primary N) is 2. The van der Waals surface area contributed by atoms with Crippen LogP contribution < -0.4 is 26.8 Å². The minimum Gasteiger partial charge on any atom is -0.489 e. The molecule has 0 radical (unpaired) electrons. The summed E-state index contributed by atoms with van der Waals surface area (Å²) in [7, 11) is 0. The zero-order valence-electron chi connectivity index (χ0n) is 16.6. The highest BCUT2D eigenvalue weighted by Gasteiger charge is 2.31. The third-order valence-corrected chi connectivity index (χ3v) is 4.88. The molecule has 0 saturated heterocycles. The minimum absolute atomic E-state index is 0.0333. The van der Waals surface area contributed by atoms with Crippen LogP contribution in [0.15, 0.2) is 53.5 Å². The van der Waals surface area contributed by atoms with E-state index in [0.29, 0.717) is 16.9 Å². The molecular weight excluding hydrogens is 411 g/mol. The summed E-state index contributed by atoms with van der Waals surface area (Å²) in [6.45, 7) is 0.195. The normalized spacial score (nSPS) is 14.2. The number of anilines is 3. The van der Waals surface area contributed by atoms with Crippen LogP contribution in [0.4, 0.5) is 21.7 Å². The number of para-hydroxylation sites is 1. The molecular formula is C22H17FN8O. The summed E-state index contributed by atoms with van der Waals surface area (Å²) >= 11 is 0. The quantitative estimate of drug-likeness (QED) is 0.365. The predicted octanol–water partition coefficient (Wildman–Crippen LogP) is 2.78. The monoisotopic (exact) mass is 428 g/mol. The van der Waals surface area contributed by atoms with Crippen molar-refractivity contribution >= 4 is 23.3 Å². The maximum Gasteiger partial charge on any atom is 0.211 e. The Morgan fingerprint density at radius 3 is 2.59 bits per heavy atom. The molecule has 1 aliphatic rings. The fourth-order valence-corrected chi connectivity index (χ4v) is 3.39. The van der Waals surface area contributed by atoms with Gasteiger partial charge in [-0.25, -0.2) is 14.4 Å². The van der Waals surface area contributed by atoms with E-state index in [1.807, 2.05) is 12.3 Å². The number of aliphatic imine (C=N–C) groups is 1. The number of aromatic nitrogens is 1. The van der Waals surface area contributed by atoms with Gasteiger partial charge in [0.15, 0.2) is 6.19 Å². The Morgan fingerprint density at radius 2 is 1.88 bits per heavy atom. The van der Waals surface area contributed by atoms with E-state index in [1.165, 1.54) is 12.1 Å². The van der Waals surface area contributed by atoms with Crippen molar-refractivity contribution in [3.8, 4) is 18.0 Å². The summed E-state index contributed by atoms with van der Waals surface area (Å²) < 4.78 is 19.2. The first kappa shape index (κ1) is 20.4. The van der Waals surface area contributed by atoms with Gasteiger partial charge in [-0.3, -0.25) is 5.32 Å². The van der Waals surface area contributed by atoms with Gasteiger partial charge < -0.3 is 21.5 Å². The van der Waals surface area contributed by atoms with Crippen LogP contribution in [0.2, 0.25) is 0 Å². The van der Waals surface area contributed by atoms with E-state index < -0.39 is 6.04 Å². The highest BCUT2D eigenvalue weighted by atomic mass is 19.1. The molecule has 0 saturated carbocycles. The van der Waals surface area contributed by atoms with Crippen LogP contribution in [0, 0.1) is 28.6 Å². The molecule has 6 N–H and O–H groups in total. The molecule has 2 aromatic carbocycles. The Balaban J connectivity index is 1.78. The summed E-state index contributed by atoms with van der Waals surface area (Å²) in [4.78, 5) is 8.79. The number of ether oxygens (including phenoxy) is 1. The summed E-state index contributed by atoms with van der Waals surface area (Å²) in [5.74, 6) is 0.570. The van der Waals surface area contributed by atoms with Gasteiger partial charge in [-0.1, -0.05) is 30.3 Å². The number of guanidine groups is 1. The Bertz CT molecular complexity index is 1290. The molecule has 3 aromatic rings. The zero-order valence-corrected chi connectivity index (χ0v) is 16.6. The van der Waals surface area contributed by atoms with Gasteiger partial charge in [0.05, 0.1) is 5.69 Å². The highest BCUT2D eigenvalue weighted by molar-refractivity contribution is 5.98. The second-order valence-corrected chi connectivity index (χ2v) is 6.85. The topological polar surface area (TPSA) is 158 Å². The van der Waals surface area contributed by atoms with E-state index in [4.69, 9.17) is 21.5 Å². The second-order valence-electron chi connectivity index (χ2n) is 6.85. The zero-order chi connectivity index (χ0) is 22.7. The highest BCUT2D eigenvalue weighted by Crippen LogP contribution is 2.43. The lowest BCUT2D eigenvalue weighted by atomic mass is 9.94. The lowest BCUT2D eigenvalue weighted by Gasteiger charge is -2.27. The molecule has 0 fully saturated rings. The smallest absolute Gasteiger partial charge is 0.211 e. The van der Waals surface area contributed by atoms with E-state index in [0.717, 1.165) is 5.56 Å². The van der Waals surface area contributed by atoms with Crippen molar-refractivity contribution < 1.29 is 9.13 Å². The van der Waals surface area contributed by atoms with Gasteiger partial charge in [-0.15, -0.1) is 0 Å². The maximum absolute atomic E-state index is 13.2. The predicted molar refractivity (Wildman–Crippen MR) is 117 cm³/mol. The largest absolute Gasteiger partial charge is 0.489 e. The van der Waals surface area contributed by atoms with E-state index in [1.54, 1.807) is 36.4 Å². The lowest BCUT2D eigenvalue weighted by Crippen LogP contribution is -2.32. The number of nitrogen functional groups attached to an aromatic ring is 2. The Hall–Kier alpha value is -4.83. The standard InChI is InChI=1S/C22H17FN8O/c23-13-7-5-12(6-8-13)10-32-16-4-2-1-3-14(16)19-17-18(26)15(9-24)20(27)30-21(17)31-22(29-19)28-11-25/h1-8,19H,10H2,(H6,26,27,28,29,30,31). The van der Waals surface area contributed by atoms with Crippen molar-refractivity contribution in [1.82, 2.24) is 10.3 Å². The van der Waals surface area contributed by atoms with E-state index in [-0.39, 0.29) is 41.3 Å². The first-order valence-corrected chi connectivity index (χ1v) is 9.46. The van der Waals surface area contributed by atoms with Gasteiger partial charge in [0, 0.05) is 11.1 Å². The molecule has 0 aliphatic carbocycles. The molecule has 32 heavy (non-hydrogen) atoms. The number of halogens is 1. The molecule has 0 amide bonds. The SMILES string of the molecule is N#CNC1=NC(c2ccccc2OCc2ccc(F)cc2)c2c(nc(N)c(C#N)c2N)N1. The molecule has 1 atom stereocenters. The number of pyridine rings is 1. The van der Waals surface area contributed by atoms with Crippen molar-refractivity contribution in [2.45, 2.75) is 12.6 Å². The van der Waals surface area contributed by atoms with Crippen molar-refractivity contribution in [2.75, 3.05) is 16.8 Å². The van der Waals surface area contributed by atoms with Crippen LogP contribution in [0.5, 0.6) is 5.75 Å². The third kappa shape index (κ3) is 3.80. The average molecular weight is 428 g/mol. The first-order chi connectivity index (χ1) is 15.5. The van der Waals surface area contributed by atoms with E-state index in [2.05, 4.69) is 20.6 Å². The van der Waals surface area contributed by atoms with Gasteiger partial charge in [0.1, 0.15) is 47.5 Å². The van der Waals surface area contributed by atoms with Crippen LogP contribution in [-0.2, 0) is 6.61 Å². The van der Waals surface area contributed by atoms with Gasteiger partial charge in [0.25, 0.3) is 0 Å². The molecule has 4 rings (SSSR count). The van der Waals surface area contributed by atoms with Crippen LogP contribution in [-0.4, -0.2) is 10.9 Å². The van der Waals surface area contributed by atoms with Gasteiger partial charge in [-0.2, -0.15) is 10.5 Å². The molecule has 2 heterocycles. The van der Waals surface area contributed by atoms with Gasteiger partial charge in [0.2, 0.25) is 5.96 Å². The van der Waals surface area contributed by atoms with E-state index in [9.17, 15) is 9.65 Å². The van der Waals surface area contributed by atoms with E-state index >= 15 is 0 Å². The summed E-state index contributed by atoms with van der Waals surface area (Å²) in [5, 5.41) is 23.8. The molecule has 0 bridgehead atoms. The Labute approximate surface area is 182 Å². The van der Waals surface area contributed by atoms with Crippen molar-refractivity contribution in [2.24, 2.45) is 4.99 Å². The first-order valence-electron chi connectivity index (χ1n) is 9.46. The van der Waals surface area contributed by atoms with Gasteiger partial charge >= 0.3 is 0 Å². The van der Waals surface area contributed by atoms with Crippen molar-refractivity contribution in [3.63, 3.8) is 0 Å². The molecule has 1 aromatic heterocycles. The molecule has 9 nitrogen and oxygen atoms in total. The number of nitrogens with zero attached hydrogens (tertiary/aromatic N) is 4. The fourth-order valence-electron chi connectivity index (χ4n) is 3.39. The molecule has 158 valence electrons. The number of nitrogens with one attached hydrogen (secondary N) is 2. The number of nitriles is 2. The molecule has 10 heteroatoms. The molecule has 1 unspecified atom stereocenters. The van der Waals surface area contributed by atoms with Crippen LogP contribution >= 0.6 is 0 Å². The fraction of sp³-hybridized carbons (Fsp3) is 0.0909. The van der Waals surface area contributed by atoms with Crippen LogP contribution in [0.3, 0.4) is 0 Å². The lowest BCUT2D eigenvalue weighted by molar-refractivity contribution is 0.302. The maximum atomic E-state index is 13.2. The molecule has 1 aliphatic heterocycles. The number of rotatable bonds is 4. The van der Waals surface area contributed by atoms with Crippen molar-refractivity contribution in [3.05, 3.63) is 76.6 Å². The number of benzene rings is 2. The minimum atomic E-state index is -0.730. The number of fused-ring (bicyclic) bond motifs is 1. The van der Waals surface area contributed by atoms with Gasteiger partial charge in [-0.05, 0) is 23.8 Å². The summed E-state index contributed by atoms with van der Waals surface area (Å²) in [6.07, 6.45) is 1.81. The molecule has 0 spiro atoms. The third-order valence-electron chi connectivity index (χ3n) is 4.88. The Kier molecular flexibility index (Phi) is 5.43. The summed E-state index contributed by atoms with van der Waals surface area (Å²) in [5.41, 5.74) is 14.2. The van der Waals surface area contributed by atoms with Crippen LogP contribution in [0.1, 0.15) is 28.3 Å². The second kappa shape index (κ2) is 8.50. The number of hydrogen-bond acceptors (Lipinski definition) is 9. The average Bonchev–Trinajstić information content (AvgIpc) is 2.79. The Morgan fingerprint density at radius 1 is 1.12 bits per heavy atom. The van der Waals surface area contributed by atoms with Crippen LogP contribution in [0.25, 0.3) is 0 Å².